The van der Waals surface area contributed by atoms with Gasteiger partial charge in [0.15, 0.2) is 0 Å². The highest BCUT2D eigenvalue weighted by Crippen LogP contribution is 2.28. The molecule has 0 saturated carbocycles. The quantitative estimate of drug-likeness (QED) is 0.863. The molecular formula is C12H13ClFNO. The van der Waals surface area contributed by atoms with Gasteiger partial charge < -0.3 is 10.5 Å². The van der Waals surface area contributed by atoms with E-state index < -0.39 is 6.04 Å². The Kier molecular flexibility index (Phi) is 3.46. The average Bonchev–Trinajstić information content (AvgIpc) is 2.29. The second-order valence-electron chi connectivity index (χ2n) is 3.81. The Labute approximate surface area is 98.8 Å². The Morgan fingerprint density at radius 1 is 1.44 bits per heavy atom. The largest absolute Gasteiger partial charge is 0.501 e. The van der Waals surface area contributed by atoms with Crippen molar-refractivity contribution < 1.29 is 9.13 Å². The number of rotatable bonds is 2. The lowest BCUT2D eigenvalue weighted by atomic mass is 9.96. The van der Waals surface area contributed by atoms with E-state index in [9.17, 15) is 4.39 Å². The molecule has 1 unspecified atom stereocenters. The smallest absolute Gasteiger partial charge is 0.129 e. The second kappa shape index (κ2) is 4.85. The van der Waals surface area contributed by atoms with E-state index in [1.165, 1.54) is 6.07 Å². The molecule has 0 saturated heterocycles. The fraction of sp³-hybridized carbons (Fsp3) is 0.333. The van der Waals surface area contributed by atoms with Crippen LogP contribution in [0.4, 0.5) is 4.39 Å². The summed E-state index contributed by atoms with van der Waals surface area (Å²) in [6.07, 6.45) is 3.42. The lowest BCUT2D eigenvalue weighted by Gasteiger charge is -2.20. The van der Waals surface area contributed by atoms with Gasteiger partial charge in [-0.2, -0.15) is 0 Å². The molecule has 0 aromatic heterocycles. The van der Waals surface area contributed by atoms with Gasteiger partial charge in [0.1, 0.15) is 5.82 Å². The molecule has 1 aromatic carbocycles. The van der Waals surface area contributed by atoms with Crippen LogP contribution in [0.1, 0.15) is 24.4 Å². The Morgan fingerprint density at radius 2 is 2.25 bits per heavy atom. The lowest BCUT2D eigenvalue weighted by Crippen LogP contribution is -2.17. The van der Waals surface area contributed by atoms with Gasteiger partial charge in [0, 0.05) is 10.6 Å². The molecule has 86 valence electrons. The maximum absolute atomic E-state index is 13.6. The highest BCUT2D eigenvalue weighted by Gasteiger charge is 2.18. The van der Waals surface area contributed by atoms with Crippen LogP contribution in [-0.2, 0) is 4.74 Å². The van der Waals surface area contributed by atoms with Crippen LogP contribution in [0.5, 0.6) is 0 Å². The van der Waals surface area contributed by atoms with Crippen molar-refractivity contribution >= 4 is 11.6 Å². The third kappa shape index (κ3) is 2.36. The van der Waals surface area contributed by atoms with Crippen molar-refractivity contribution in [3.05, 3.63) is 46.4 Å². The minimum Gasteiger partial charge on any atom is -0.501 e. The third-order valence-electron chi connectivity index (χ3n) is 2.66. The lowest BCUT2D eigenvalue weighted by molar-refractivity contribution is 0.221. The first-order valence-corrected chi connectivity index (χ1v) is 5.57. The highest BCUT2D eigenvalue weighted by atomic mass is 35.5. The zero-order valence-electron chi connectivity index (χ0n) is 8.75. The van der Waals surface area contributed by atoms with Crippen LogP contribution in [0.3, 0.4) is 0 Å². The normalized spacial score (nSPS) is 17.6. The van der Waals surface area contributed by atoms with Gasteiger partial charge in [-0.3, -0.25) is 0 Å². The Bertz CT molecular complexity index is 419. The van der Waals surface area contributed by atoms with Crippen molar-refractivity contribution in [3.8, 4) is 0 Å². The molecule has 1 atom stereocenters. The maximum Gasteiger partial charge on any atom is 0.129 e. The molecule has 4 heteroatoms. The summed E-state index contributed by atoms with van der Waals surface area (Å²) in [6.45, 7) is 0.708. The van der Waals surface area contributed by atoms with E-state index in [2.05, 4.69) is 0 Å². The predicted molar refractivity (Wildman–Crippen MR) is 61.6 cm³/mol. The van der Waals surface area contributed by atoms with Crippen LogP contribution in [0.25, 0.3) is 0 Å². The van der Waals surface area contributed by atoms with Gasteiger partial charge >= 0.3 is 0 Å². The van der Waals surface area contributed by atoms with Crippen molar-refractivity contribution in [1.29, 1.82) is 0 Å². The van der Waals surface area contributed by atoms with E-state index in [0.29, 0.717) is 17.2 Å². The van der Waals surface area contributed by atoms with E-state index in [1.54, 1.807) is 18.4 Å². The number of ether oxygens (including phenoxy) is 1. The molecule has 0 fully saturated rings. The van der Waals surface area contributed by atoms with Crippen molar-refractivity contribution in [2.75, 3.05) is 6.61 Å². The van der Waals surface area contributed by atoms with Gasteiger partial charge in [0.05, 0.1) is 18.9 Å². The van der Waals surface area contributed by atoms with Crippen LogP contribution < -0.4 is 5.73 Å². The number of benzene rings is 1. The minimum atomic E-state index is -0.447. The van der Waals surface area contributed by atoms with Crippen LogP contribution in [0, 0.1) is 5.82 Å². The molecule has 1 aliphatic rings. The van der Waals surface area contributed by atoms with Crippen molar-refractivity contribution in [3.63, 3.8) is 0 Å². The average molecular weight is 242 g/mol. The zero-order valence-corrected chi connectivity index (χ0v) is 9.51. The summed E-state index contributed by atoms with van der Waals surface area (Å²) in [5.74, 6) is -0.369. The van der Waals surface area contributed by atoms with E-state index in [1.807, 2.05) is 0 Å². The van der Waals surface area contributed by atoms with Gasteiger partial charge in [-0.05, 0) is 30.5 Å². The molecule has 2 rings (SSSR count). The van der Waals surface area contributed by atoms with Crippen LogP contribution >= 0.6 is 11.6 Å². The number of hydrogen-bond donors (Lipinski definition) is 1. The van der Waals surface area contributed by atoms with E-state index in [0.717, 1.165) is 18.4 Å². The summed E-state index contributed by atoms with van der Waals surface area (Å²) < 4.78 is 18.8. The monoisotopic (exact) mass is 241 g/mol. The summed E-state index contributed by atoms with van der Waals surface area (Å²) in [6, 6.07) is 4.10. The molecule has 1 aromatic rings. The Balaban J connectivity index is 2.26. The fourth-order valence-corrected chi connectivity index (χ4v) is 1.93. The highest BCUT2D eigenvalue weighted by molar-refractivity contribution is 6.30. The van der Waals surface area contributed by atoms with Gasteiger partial charge in [0.25, 0.3) is 0 Å². The summed E-state index contributed by atoms with van der Waals surface area (Å²) in [5, 5.41) is 0.377. The molecule has 0 spiro atoms. The molecule has 2 nitrogen and oxygen atoms in total. The van der Waals surface area contributed by atoms with Gasteiger partial charge in [0.2, 0.25) is 0 Å². The summed E-state index contributed by atoms with van der Waals surface area (Å²) in [5.41, 5.74) is 7.37. The molecule has 0 aliphatic carbocycles. The zero-order chi connectivity index (χ0) is 11.5. The van der Waals surface area contributed by atoms with Crippen molar-refractivity contribution in [1.82, 2.24) is 0 Å². The molecule has 1 heterocycles. The standard InChI is InChI=1S/C12H13ClFNO/c13-9-3-4-10(11(14)6-9)12(15)8-2-1-5-16-7-8/h3-4,6-7,12H,1-2,5,15H2. The third-order valence-corrected chi connectivity index (χ3v) is 2.89. The number of hydrogen-bond acceptors (Lipinski definition) is 2. The first-order valence-electron chi connectivity index (χ1n) is 5.19. The first-order chi connectivity index (χ1) is 7.68. The Morgan fingerprint density at radius 3 is 2.88 bits per heavy atom. The SMILES string of the molecule is NC(C1=COCCC1)c1ccc(Cl)cc1F. The number of halogens is 2. The van der Waals surface area contributed by atoms with Gasteiger partial charge in [-0.15, -0.1) is 0 Å². The first kappa shape index (κ1) is 11.4. The van der Waals surface area contributed by atoms with Crippen LogP contribution in [0.2, 0.25) is 5.02 Å². The minimum absolute atomic E-state index is 0.369. The van der Waals surface area contributed by atoms with Crippen molar-refractivity contribution in [2.45, 2.75) is 18.9 Å². The molecule has 2 N–H and O–H groups in total. The summed E-state index contributed by atoms with van der Waals surface area (Å²) in [7, 11) is 0. The topological polar surface area (TPSA) is 35.2 Å². The van der Waals surface area contributed by atoms with Crippen molar-refractivity contribution in [2.24, 2.45) is 5.73 Å². The molecule has 16 heavy (non-hydrogen) atoms. The maximum atomic E-state index is 13.6. The molecule has 0 radical (unpaired) electrons. The van der Waals surface area contributed by atoms with Gasteiger partial charge in [-0.25, -0.2) is 4.39 Å². The summed E-state index contributed by atoms with van der Waals surface area (Å²) >= 11 is 5.69. The summed E-state index contributed by atoms with van der Waals surface area (Å²) in [4.78, 5) is 0. The van der Waals surface area contributed by atoms with Gasteiger partial charge in [-0.1, -0.05) is 17.7 Å². The fourth-order valence-electron chi connectivity index (χ4n) is 1.77. The second-order valence-corrected chi connectivity index (χ2v) is 4.25. The van der Waals surface area contributed by atoms with E-state index >= 15 is 0 Å². The van der Waals surface area contributed by atoms with Crippen LogP contribution in [0.15, 0.2) is 30.0 Å². The Hall–Kier alpha value is -1.06. The molecule has 0 bridgehead atoms. The molecule has 0 amide bonds. The molecule has 1 aliphatic heterocycles. The predicted octanol–water partition coefficient (Wildman–Crippen LogP) is 3.17. The molecular weight excluding hydrogens is 229 g/mol. The van der Waals surface area contributed by atoms with E-state index in [4.69, 9.17) is 22.1 Å². The number of nitrogens with two attached hydrogens (primary N) is 1. The van der Waals surface area contributed by atoms with Crippen LogP contribution in [-0.4, -0.2) is 6.61 Å². The van der Waals surface area contributed by atoms with E-state index in [-0.39, 0.29) is 5.82 Å².